The van der Waals surface area contributed by atoms with Crippen LogP contribution in [0, 0.1) is 0 Å². The van der Waals surface area contributed by atoms with Crippen LogP contribution in [0.1, 0.15) is 47.0 Å². The second kappa shape index (κ2) is 7.41. The van der Waals surface area contributed by atoms with Crippen LogP contribution in [0.25, 0.3) is 0 Å². The number of amides is 1. The number of nitrogens with zero attached hydrogens (tertiary/aromatic N) is 1. The molecular weight excluding hydrogens is 266 g/mol. The van der Waals surface area contributed by atoms with Crippen LogP contribution in [0.4, 0.5) is 0 Å². The molecule has 3 N–H and O–H groups in total. The van der Waals surface area contributed by atoms with Gasteiger partial charge in [-0.3, -0.25) is 4.79 Å². The van der Waals surface area contributed by atoms with E-state index in [-0.39, 0.29) is 24.6 Å². The summed E-state index contributed by atoms with van der Waals surface area (Å²) in [5.41, 5.74) is 2.50. The fourth-order valence-corrected chi connectivity index (χ4v) is 2.20. The van der Waals surface area contributed by atoms with Crippen molar-refractivity contribution in [2.24, 2.45) is 4.99 Å². The van der Waals surface area contributed by atoms with E-state index in [2.05, 4.69) is 29.3 Å². The minimum Gasteiger partial charge on any atom is -0.395 e. The number of rotatable bonds is 8. The minimum absolute atomic E-state index is 0.0736. The van der Waals surface area contributed by atoms with Gasteiger partial charge in [0, 0.05) is 23.2 Å². The molecule has 21 heavy (non-hydrogen) atoms. The number of aliphatic hydroxyl groups is 1. The van der Waals surface area contributed by atoms with E-state index in [4.69, 9.17) is 5.11 Å². The number of hydrogen-bond acceptors (Lipinski definition) is 4. The Hall–Kier alpha value is -1.62. The molecule has 0 aliphatic heterocycles. The summed E-state index contributed by atoms with van der Waals surface area (Å²) in [5, 5.41) is 15.0. The Kier molecular flexibility index (Phi) is 6.15. The third-order valence-electron chi connectivity index (χ3n) is 3.64. The topological polar surface area (TPSA) is 73.7 Å². The molecule has 1 amide bonds. The molecular formula is C16H27N3O2. The van der Waals surface area contributed by atoms with Gasteiger partial charge in [-0.05, 0) is 46.8 Å². The number of aliphatic hydroxyl groups excluding tert-OH is 1. The van der Waals surface area contributed by atoms with Crippen molar-refractivity contribution in [3.63, 3.8) is 0 Å². The van der Waals surface area contributed by atoms with E-state index in [0.29, 0.717) is 17.8 Å². The van der Waals surface area contributed by atoms with Gasteiger partial charge in [0.2, 0.25) is 0 Å². The molecule has 0 aromatic heterocycles. The van der Waals surface area contributed by atoms with Gasteiger partial charge in [0.25, 0.3) is 5.91 Å². The highest BCUT2D eigenvalue weighted by atomic mass is 16.3. The zero-order chi connectivity index (χ0) is 16.0. The summed E-state index contributed by atoms with van der Waals surface area (Å²) in [6.07, 6.45) is 2.89. The molecule has 0 aromatic rings. The zero-order valence-electron chi connectivity index (χ0n) is 13.5. The van der Waals surface area contributed by atoms with Gasteiger partial charge in [0.15, 0.2) is 0 Å². The molecule has 1 rings (SSSR count). The molecule has 118 valence electrons. The summed E-state index contributed by atoms with van der Waals surface area (Å²) < 4.78 is 0. The second-order valence-electron chi connectivity index (χ2n) is 5.88. The standard InChI is InChI=1S/C16H27N3O2/c1-6-12(14(17-5)19-16(4)7-8-16)13(11(2)3)15(21)18-9-10-20/h19-20H,5-10H2,1-4H3,(H,18,21)/b14-12-. The van der Waals surface area contributed by atoms with E-state index in [9.17, 15) is 4.79 Å². The highest BCUT2D eigenvalue weighted by molar-refractivity contribution is 5.98. The van der Waals surface area contributed by atoms with E-state index >= 15 is 0 Å². The molecule has 1 aliphatic carbocycles. The molecule has 5 heteroatoms. The summed E-state index contributed by atoms with van der Waals surface area (Å²) in [6.45, 7) is 11.8. The second-order valence-corrected chi connectivity index (χ2v) is 5.88. The van der Waals surface area contributed by atoms with Gasteiger partial charge >= 0.3 is 0 Å². The van der Waals surface area contributed by atoms with E-state index in [0.717, 1.165) is 24.0 Å². The number of carbonyl (C=O) groups is 1. The van der Waals surface area contributed by atoms with Gasteiger partial charge in [-0.25, -0.2) is 4.99 Å². The molecule has 0 unspecified atom stereocenters. The SMILES string of the molecule is C=N/C(NC1(C)CC1)=C(\CC)C(C(=O)NCCO)=C(C)C. The Balaban J connectivity index is 3.14. The molecule has 1 saturated carbocycles. The van der Waals surface area contributed by atoms with Crippen LogP contribution >= 0.6 is 0 Å². The van der Waals surface area contributed by atoms with Gasteiger partial charge in [0.05, 0.1) is 6.61 Å². The number of aliphatic imine (C=N–C) groups is 1. The van der Waals surface area contributed by atoms with Gasteiger partial charge in [-0.15, -0.1) is 0 Å². The van der Waals surface area contributed by atoms with Crippen LogP contribution in [0.15, 0.2) is 27.5 Å². The molecule has 5 nitrogen and oxygen atoms in total. The van der Waals surface area contributed by atoms with E-state index in [1.54, 1.807) is 0 Å². The fraction of sp³-hybridized carbons (Fsp3) is 0.625. The summed E-state index contributed by atoms with van der Waals surface area (Å²) in [7, 11) is 0. The predicted molar refractivity (Wildman–Crippen MR) is 86.1 cm³/mol. The molecule has 0 atom stereocenters. The smallest absolute Gasteiger partial charge is 0.251 e. The third kappa shape index (κ3) is 4.70. The van der Waals surface area contributed by atoms with Crippen molar-refractivity contribution >= 4 is 12.6 Å². The first-order chi connectivity index (χ1) is 9.88. The fourth-order valence-electron chi connectivity index (χ4n) is 2.20. The summed E-state index contributed by atoms with van der Waals surface area (Å²) in [6, 6.07) is 0. The first-order valence-electron chi connectivity index (χ1n) is 7.43. The maximum atomic E-state index is 12.3. The Bertz CT molecular complexity index is 470. The number of allylic oxidation sites excluding steroid dienone is 1. The van der Waals surface area contributed by atoms with Crippen LogP contribution < -0.4 is 10.6 Å². The molecule has 0 heterocycles. The maximum Gasteiger partial charge on any atom is 0.251 e. The molecule has 0 radical (unpaired) electrons. The van der Waals surface area contributed by atoms with Crippen molar-refractivity contribution in [3.8, 4) is 0 Å². The first-order valence-corrected chi connectivity index (χ1v) is 7.43. The Morgan fingerprint density at radius 1 is 1.38 bits per heavy atom. The molecule has 0 saturated heterocycles. The zero-order valence-corrected chi connectivity index (χ0v) is 13.5. The molecule has 0 aromatic carbocycles. The van der Waals surface area contributed by atoms with E-state index < -0.39 is 0 Å². The van der Waals surface area contributed by atoms with Crippen molar-refractivity contribution < 1.29 is 9.90 Å². The van der Waals surface area contributed by atoms with Gasteiger partial charge in [-0.1, -0.05) is 12.5 Å². The van der Waals surface area contributed by atoms with Gasteiger partial charge in [0.1, 0.15) is 5.82 Å². The van der Waals surface area contributed by atoms with Crippen LogP contribution in [0.3, 0.4) is 0 Å². The normalized spacial score (nSPS) is 16.6. The van der Waals surface area contributed by atoms with Gasteiger partial charge in [-0.2, -0.15) is 0 Å². The van der Waals surface area contributed by atoms with E-state index in [1.807, 2.05) is 20.8 Å². The van der Waals surface area contributed by atoms with Crippen molar-refractivity contribution in [3.05, 3.63) is 22.5 Å². The molecule has 0 bridgehead atoms. The van der Waals surface area contributed by atoms with Crippen LogP contribution in [-0.2, 0) is 4.79 Å². The quantitative estimate of drug-likeness (QED) is 0.363. The Labute approximate surface area is 127 Å². The monoisotopic (exact) mass is 293 g/mol. The van der Waals surface area contributed by atoms with Crippen molar-refractivity contribution in [2.45, 2.75) is 52.5 Å². The van der Waals surface area contributed by atoms with Crippen molar-refractivity contribution in [2.75, 3.05) is 13.2 Å². The van der Waals surface area contributed by atoms with Crippen LogP contribution in [0.5, 0.6) is 0 Å². The summed E-state index contributed by atoms with van der Waals surface area (Å²) in [5.74, 6) is 0.512. The minimum atomic E-state index is -0.176. The summed E-state index contributed by atoms with van der Waals surface area (Å²) in [4.78, 5) is 16.4. The average Bonchev–Trinajstić information content (AvgIpc) is 3.17. The summed E-state index contributed by atoms with van der Waals surface area (Å²) >= 11 is 0. The number of carbonyl (C=O) groups excluding carboxylic acids is 1. The third-order valence-corrected chi connectivity index (χ3v) is 3.64. The van der Waals surface area contributed by atoms with Gasteiger partial charge < -0.3 is 15.7 Å². The highest BCUT2D eigenvalue weighted by Gasteiger charge is 2.38. The first kappa shape index (κ1) is 17.4. The predicted octanol–water partition coefficient (Wildman–Crippen LogP) is 1.90. The lowest BCUT2D eigenvalue weighted by atomic mass is 9.97. The van der Waals surface area contributed by atoms with Crippen molar-refractivity contribution in [1.82, 2.24) is 10.6 Å². The molecule has 1 aliphatic rings. The Morgan fingerprint density at radius 2 is 2.00 bits per heavy atom. The molecule has 0 spiro atoms. The lowest BCUT2D eigenvalue weighted by Gasteiger charge is -2.20. The lowest BCUT2D eigenvalue weighted by molar-refractivity contribution is -0.117. The Morgan fingerprint density at radius 3 is 2.38 bits per heavy atom. The van der Waals surface area contributed by atoms with Crippen molar-refractivity contribution in [1.29, 1.82) is 0 Å². The molecule has 1 fully saturated rings. The number of nitrogens with one attached hydrogen (secondary N) is 2. The highest BCUT2D eigenvalue weighted by Crippen LogP contribution is 2.36. The lowest BCUT2D eigenvalue weighted by Crippen LogP contribution is -2.32. The van der Waals surface area contributed by atoms with Crippen LogP contribution in [0.2, 0.25) is 0 Å². The largest absolute Gasteiger partial charge is 0.395 e. The maximum absolute atomic E-state index is 12.3. The van der Waals surface area contributed by atoms with Crippen LogP contribution in [-0.4, -0.2) is 36.4 Å². The van der Waals surface area contributed by atoms with E-state index in [1.165, 1.54) is 0 Å². The average molecular weight is 293 g/mol. The number of hydrogen-bond donors (Lipinski definition) is 3.